The molecule has 0 atom stereocenters. The smallest absolute Gasteiger partial charge is 0.366 e. The summed E-state index contributed by atoms with van der Waals surface area (Å²) < 4.78 is 41.2. The third kappa shape index (κ3) is 5.90. The molecule has 1 N–H and O–H groups in total. The summed E-state index contributed by atoms with van der Waals surface area (Å²) in [5.74, 6) is 1.16. The Hall–Kier alpha value is -2.78. The van der Waals surface area contributed by atoms with Crippen molar-refractivity contribution in [2.24, 2.45) is 4.99 Å². The number of fused-ring (bicyclic) bond motifs is 1. The molecule has 6 nitrogen and oxygen atoms in total. The molecule has 11 heteroatoms. The maximum absolute atomic E-state index is 13.7. The molecule has 4 rings (SSSR count). The molecule has 0 bridgehead atoms. The molecule has 35 heavy (non-hydrogen) atoms. The molecule has 186 valence electrons. The first-order valence-electron chi connectivity index (χ1n) is 11.1. The van der Waals surface area contributed by atoms with Crippen molar-refractivity contribution in [2.75, 3.05) is 43.9 Å². The maximum atomic E-state index is 13.7. The molecule has 0 unspecified atom stereocenters. The number of anilines is 2. The molecule has 2 aromatic rings. The van der Waals surface area contributed by atoms with Gasteiger partial charge in [0.25, 0.3) is 0 Å². The van der Waals surface area contributed by atoms with Crippen LogP contribution in [0.3, 0.4) is 0 Å². The summed E-state index contributed by atoms with van der Waals surface area (Å²) in [5, 5.41) is 4.31. The average molecular weight is 525 g/mol. The molecule has 0 amide bonds. The number of rotatable bonds is 4. The minimum atomic E-state index is -4.49. The average Bonchev–Trinajstić information content (AvgIpc) is 3.18. The molecule has 0 spiro atoms. The lowest BCUT2D eigenvalue weighted by molar-refractivity contribution is -0.0869. The van der Waals surface area contributed by atoms with E-state index in [0.29, 0.717) is 54.3 Å². The Bertz CT molecular complexity index is 1190. The van der Waals surface area contributed by atoms with Gasteiger partial charge in [0.2, 0.25) is 5.95 Å². The number of aliphatic imine (C=N–C) groups is 1. The second-order valence-corrected chi connectivity index (χ2v) is 9.27. The zero-order chi connectivity index (χ0) is 25.2. The number of allylic oxidation sites excluding steroid dienone is 2. The highest BCUT2D eigenvalue weighted by Gasteiger charge is 2.39. The Morgan fingerprint density at radius 3 is 2.57 bits per heavy atom. The van der Waals surface area contributed by atoms with Gasteiger partial charge in [-0.05, 0) is 30.2 Å². The third-order valence-corrected chi connectivity index (χ3v) is 6.51. The molecule has 0 saturated carbocycles. The SMILES string of the molecule is CN(C)c1nc2c(c(NCc3ccc(Cl)c(Cl)c3)n1)CCN(C1=NCC=CC=C1C(F)(F)F)CC2. The topological polar surface area (TPSA) is 56.7 Å². The van der Waals surface area contributed by atoms with E-state index >= 15 is 0 Å². The minimum Gasteiger partial charge on any atom is -0.366 e. The number of nitrogens with zero attached hydrogens (tertiary/aromatic N) is 5. The van der Waals surface area contributed by atoms with Gasteiger partial charge in [-0.1, -0.05) is 41.4 Å². The van der Waals surface area contributed by atoms with Crippen LogP contribution in [0.4, 0.5) is 24.9 Å². The number of hydrogen-bond acceptors (Lipinski definition) is 6. The standard InChI is InChI=1S/C24H25Cl2F3N6/c1-34(2)23-32-20-9-12-35(22-17(24(27,28)29)5-3-4-10-30-22)11-8-16(20)21(33-23)31-14-15-6-7-18(25)19(26)13-15/h3-7,13H,8-12,14H2,1-2H3,(H,31,32,33). The highest BCUT2D eigenvalue weighted by molar-refractivity contribution is 6.42. The van der Waals surface area contributed by atoms with Crippen LogP contribution >= 0.6 is 23.2 Å². The lowest BCUT2D eigenvalue weighted by Crippen LogP contribution is -2.38. The van der Waals surface area contributed by atoms with Crippen LogP contribution in [0, 0.1) is 0 Å². The van der Waals surface area contributed by atoms with Crippen LogP contribution in [-0.4, -0.2) is 60.6 Å². The number of nitrogens with one attached hydrogen (secondary N) is 1. The van der Waals surface area contributed by atoms with Crippen LogP contribution in [0.25, 0.3) is 0 Å². The molecular weight excluding hydrogens is 500 g/mol. The predicted octanol–water partition coefficient (Wildman–Crippen LogP) is 5.32. The number of benzene rings is 1. The zero-order valence-electron chi connectivity index (χ0n) is 19.3. The van der Waals surface area contributed by atoms with Crippen LogP contribution < -0.4 is 10.2 Å². The summed E-state index contributed by atoms with van der Waals surface area (Å²) in [6, 6.07) is 5.39. The van der Waals surface area contributed by atoms with E-state index in [9.17, 15) is 13.2 Å². The zero-order valence-corrected chi connectivity index (χ0v) is 20.8. The van der Waals surface area contributed by atoms with Crippen molar-refractivity contribution in [3.05, 3.63) is 68.9 Å². The molecule has 0 fully saturated rings. The van der Waals surface area contributed by atoms with Crippen LogP contribution in [0.2, 0.25) is 10.0 Å². The summed E-state index contributed by atoms with van der Waals surface area (Å²) in [7, 11) is 3.70. The lowest BCUT2D eigenvalue weighted by Gasteiger charge is -2.26. The Kier molecular flexibility index (Phi) is 7.56. The Morgan fingerprint density at radius 2 is 1.86 bits per heavy atom. The minimum absolute atomic E-state index is 0.0265. The van der Waals surface area contributed by atoms with Gasteiger partial charge < -0.3 is 15.1 Å². The molecule has 1 aromatic heterocycles. The normalized spacial score (nSPS) is 16.1. The van der Waals surface area contributed by atoms with Crippen molar-refractivity contribution in [3.8, 4) is 0 Å². The van der Waals surface area contributed by atoms with Gasteiger partial charge >= 0.3 is 6.18 Å². The number of hydrogen-bond donors (Lipinski definition) is 1. The van der Waals surface area contributed by atoms with Gasteiger partial charge in [0.15, 0.2) is 0 Å². The third-order valence-electron chi connectivity index (χ3n) is 5.77. The van der Waals surface area contributed by atoms with E-state index in [2.05, 4.69) is 15.3 Å². The van der Waals surface area contributed by atoms with E-state index in [-0.39, 0.29) is 12.4 Å². The summed E-state index contributed by atoms with van der Waals surface area (Å²) in [5.41, 5.74) is 1.90. The van der Waals surface area contributed by atoms with E-state index in [1.807, 2.05) is 20.2 Å². The van der Waals surface area contributed by atoms with Crippen molar-refractivity contribution in [1.82, 2.24) is 14.9 Å². The van der Waals surface area contributed by atoms with Gasteiger partial charge in [-0.15, -0.1) is 0 Å². The van der Waals surface area contributed by atoms with Crippen LogP contribution in [0.5, 0.6) is 0 Å². The van der Waals surface area contributed by atoms with E-state index < -0.39 is 11.7 Å². The molecule has 2 aliphatic heterocycles. The van der Waals surface area contributed by atoms with Crippen molar-refractivity contribution < 1.29 is 13.2 Å². The van der Waals surface area contributed by atoms with E-state index in [0.717, 1.165) is 22.9 Å². The van der Waals surface area contributed by atoms with Crippen LogP contribution in [0.15, 0.2) is 47.0 Å². The van der Waals surface area contributed by atoms with Crippen molar-refractivity contribution in [2.45, 2.75) is 25.6 Å². The fraction of sp³-hybridized carbons (Fsp3) is 0.375. The van der Waals surface area contributed by atoms with Gasteiger partial charge in [0.05, 0.1) is 27.9 Å². The molecular formula is C24H25Cl2F3N6. The second-order valence-electron chi connectivity index (χ2n) is 8.45. The first-order valence-corrected chi connectivity index (χ1v) is 11.9. The number of halogens is 5. The Balaban J connectivity index is 1.61. The molecule has 2 aliphatic rings. The summed E-state index contributed by atoms with van der Waals surface area (Å²) in [6.45, 7) is 1.40. The largest absolute Gasteiger partial charge is 0.419 e. The summed E-state index contributed by atoms with van der Waals surface area (Å²) >= 11 is 12.2. The first kappa shape index (κ1) is 25.3. The van der Waals surface area contributed by atoms with E-state index in [4.69, 9.17) is 28.2 Å². The molecule has 1 aromatic carbocycles. The van der Waals surface area contributed by atoms with Crippen molar-refractivity contribution >= 4 is 40.8 Å². The van der Waals surface area contributed by atoms with E-state index in [1.165, 1.54) is 6.08 Å². The first-order chi connectivity index (χ1) is 16.6. The molecule has 0 radical (unpaired) electrons. The maximum Gasteiger partial charge on any atom is 0.419 e. The van der Waals surface area contributed by atoms with Crippen molar-refractivity contribution in [3.63, 3.8) is 0 Å². The van der Waals surface area contributed by atoms with Gasteiger partial charge in [0, 0.05) is 45.7 Å². The predicted molar refractivity (Wildman–Crippen MR) is 135 cm³/mol. The fourth-order valence-electron chi connectivity index (χ4n) is 4.00. The van der Waals surface area contributed by atoms with Gasteiger partial charge in [-0.3, -0.25) is 4.99 Å². The number of aromatic nitrogens is 2. The van der Waals surface area contributed by atoms with Gasteiger partial charge in [0.1, 0.15) is 11.7 Å². The van der Waals surface area contributed by atoms with Crippen molar-refractivity contribution in [1.29, 1.82) is 0 Å². The molecule has 0 aliphatic carbocycles. The number of alkyl halides is 3. The monoisotopic (exact) mass is 524 g/mol. The van der Waals surface area contributed by atoms with Crippen LogP contribution in [-0.2, 0) is 19.4 Å². The molecule has 3 heterocycles. The summed E-state index contributed by atoms with van der Waals surface area (Å²) in [6.07, 6.45) is 0.578. The molecule has 0 saturated heterocycles. The van der Waals surface area contributed by atoms with E-state index in [1.54, 1.807) is 28.0 Å². The quantitative estimate of drug-likeness (QED) is 0.586. The van der Waals surface area contributed by atoms with Crippen LogP contribution in [0.1, 0.15) is 16.8 Å². The highest BCUT2D eigenvalue weighted by Crippen LogP contribution is 2.31. The fourth-order valence-corrected chi connectivity index (χ4v) is 4.32. The van der Waals surface area contributed by atoms with Gasteiger partial charge in [-0.25, -0.2) is 4.98 Å². The van der Waals surface area contributed by atoms with Gasteiger partial charge in [-0.2, -0.15) is 18.2 Å². The lowest BCUT2D eigenvalue weighted by atomic mass is 10.1. The second kappa shape index (κ2) is 10.5. The highest BCUT2D eigenvalue weighted by atomic mass is 35.5. The Morgan fingerprint density at radius 1 is 1.09 bits per heavy atom. The number of amidine groups is 1. The Labute approximate surface area is 212 Å². The summed E-state index contributed by atoms with van der Waals surface area (Å²) in [4.78, 5) is 17.1.